The number of fused-ring (bicyclic) bond motifs is 2. The van der Waals surface area contributed by atoms with Gasteiger partial charge in [-0.15, -0.1) is 0 Å². The summed E-state index contributed by atoms with van der Waals surface area (Å²) < 4.78 is 5.77. The second-order valence-electron chi connectivity index (χ2n) is 6.97. The maximum Gasteiger partial charge on any atom is 0.269 e. The van der Waals surface area contributed by atoms with Gasteiger partial charge in [-0.1, -0.05) is 0 Å². The number of imide groups is 1. The van der Waals surface area contributed by atoms with Crippen LogP contribution in [-0.4, -0.2) is 27.9 Å². The van der Waals surface area contributed by atoms with Gasteiger partial charge in [-0.05, 0) is 38.8 Å². The van der Waals surface area contributed by atoms with Gasteiger partial charge >= 0.3 is 0 Å². The molecule has 0 radical (unpaired) electrons. The number of hydrogen-bond acceptors (Lipinski definition) is 5. The van der Waals surface area contributed by atoms with Crippen LogP contribution in [0.15, 0.2) is 24.3 Å². The van der Waals surface area contributed by atoms with Crippen molar-refractivity contribution in [3.05, 3.63) is 34.4 Å². The zero-order valence-corrected chi connectivity index (χ0v) is 12.8. The van der Waals surface area contributed by atoms with Gasteiger partial charge in [0.25, 0.3) is 5.69 Å². The van der Waals surface area contributed by atoms with Gasteiger partial charge in [0.15, 0.2) is 0 Å². The molecule has 2 saturated heterocycles. The Morgan fingerprint density at radius 3 is 2.00 bits per heavy atom. The molecule has 0 N–H and O–H groups in total. The van der Waals surface area contributed by atoms with E-state index >= 15 is 0 Å². The second kappa shape index (κ2) is 4.17. The SMILES string of the molecule is C[C@@]12C[C@@H]3C(=O)N(c4ccc([N+](=O)[O-])cc4)C(=O)[C@@H]3C[C@]1(C)O2. The van der Waals surface area contributed by atoms with Gasteiger partial charge in [0.2, 0.25) is 11.8 Å². The van der Waals surface area contributed by atoms with Crippen LogP contribution in [-0.2, 0) is 14.3 Å². The van der Waals surface area contributed by atoms with Gasteiger partial charge in [-0.25, -0.2) is 0 Å². The molecule has 7 heteroatoms. The summed E-state index contributed by atoms with van der Waals surface area (Å²) in [5.74, 6) is -1.18. The van der Waals surface area contributed by atoms with E-state index in [4.69, 9.17) is 4.74 Å². The van der Waals surface area contributed by atoms with Crippen molar-refractivity contribution in [2.45, 2.75) is 37.9 Å². The summed E-state index contributed by atoms with van der Waals surface area (Å²) in [5.41, 5.74) is -0.324. The summed E-state index contributed by atoms with van der Waals surface area (Å²) in [4.78, 5) is 36.8. The van der Waals surface area contributed by atoms with Crippen molar-refractivity contribution in [1.82, 2.24) is 0 Å². The first-order chi connectivity index (χ1) is 10.8. The van der Waals surface area contributed by atoms with Gasteiger partial charge in [-0.2, -0.15) is 0 Å². The molecule has 2 heterocycles. The maximum atomic E-state index is 12.7. The van der Waals surface area contributed by atoms with Crippen molar-refractivity contribution in [3.63, 3.8) is 0 Å². The molecule has 7 nitrogen and oxygen atoms in total. The van der Waals surface area contributed by atoms with Crippen LogP contribution in [0.25, 0.3) is 0 Å². The molecule has 3 fully saturated rings. The molecule has 120 valence electrons. The van der Waals surface area contributed by atoms with Crippen molar-refractivity contribution in [2.24, 2.45) is 11.8 Å². The van der Waals surface area contributed by atoms with Crippen LogP contribution in [0.4, 0.5) is 11.4 Å². The highest BCUT2D eigenvalue weighted by Crippen LogP contribution is 2.61. The number of benzene rings is 1. The molecule has 1 aliphatic carbocycles. The molecule has 2 amide bonds. The Balaban J connectivity index is 1.65. The Morgan fingerprint density at radius 1 is 1.09 bits per heavy atom. The molecular formula is C16H16N2O5. The van der Waals surface area contributed by atoms with E-state index in [-0.39, 0.29) is 40.5 Å². The number of ether oxygens (including phenoxy) is 1. The molecule has 2 aliphatic heterocycles. The van der Waals surface area contributed by atoms with Gasteiger partial charge < -0.3 is 4.74 Å². The first-order valence-corrected chi connectivity index (χ1v) is 7.58. The number of nitrogens with zero attached hydrogens (tertiary/aromatic N) is 2. The number of nitro groups is 1. The normalized spacial score (nSPS) is 38.3. The van der Waals surface area contributed by atoms with Crippen LogP contribution in [0, 0.1) is 22.0 Å². The Morgan fingerprint density at radius 2 is 1.57 bits per heavy atom. The third kappa shape index (κ3) is 1.80. The molecule has 0 bridgehead atoms. The zero-order valence-electron chi connectivity index (χ0n) is 12.8. The summed E-state index contributed by atoms with van der Waals surface area (Å²) in [6.07, 6.45) is 1.09. The van der Waals surface area contributed by atoms with Crippen molar-refractivity contribution in [3.8, 4) is 0 Å². The van der Waals surface area contributed by atoms with Crippen molar-refractivity contribution >= 4 is 23.2 Å². The third-order valence-electron chi connectivity index (χ3n) is 5.63. The summed E-state index contributed by atoms with van der Waals surface area (Å²) in [7, 11) is 0. The van der Waals surface area contributed by atoms with Crippen LogP contribution in [0.5, 0.6) is 0 Å². The number of non-ortho nitro benzene ring substituents is 1. The molecule has 3 aliphatic rings. The van der Waals surface area contributed by atoms with Crippen molar-refractivity contribution in [1.29, 1.82) is 0 Å². The Kier molecular flexibility index (Phi) is 2.60. The highest BCUT2D eigenvalue weighted by atomic mass is 16.6. The van der Waals surface area contributed by atoms with Crippen molar-refractivity contribution in [2.75, 3.05) is 4.90 Å². The minimum atomic E-state index is -0.510. The Labute approximate surface area is 132 Å². The van der Waals surface area contributed by atoms with E-state index in [1.165, 1.54) is 29.2 Å². The zero-order chi connectivity index (χ0) is 16.6. The molecule has 0 spiro atoms. The van der Waals surface area contributed by atoms with Gasteiger partial charge in [0.05, 0.1) is 33.6 Å². The molecule has 4 atom stereocenters. The van der Waals surface area contributed by atoms with E-state index in [2.05, 4.69) is 0 Å². The molecule has 0 unspecified atom stereocenters. The van der Waals surface area contributed by atoms with E-state index in [0.29, 0.717) is 18.5 Å². The lowest BCUT2D eigenvalue weighted by atomic mass is 9.70. The Hall–Kier alpha value is -2.28. The molecule has 23 heavy (non-hydrogen) atoms. The van der Waals surface area contributed by atoms with Crippen LogP contribution in [0.2, 0.25) is 0 Å². The standard InChI is InChI=1S/C16H16N2O5/c1-15-7-11-12(8-16(15,2)23-15)14(20)17(13(11)19)9-3-5-10(6-4-9)18(21)22/h3-6,11-12H,7-8H2,1-2H3/t11-,12+,15+,16-. The first kappa shape index (κ1) is 14.3. The minimum absolute atomic E-state index is 0.0695. The number of amides is 2. The lowest BCUT2D eigenvalue weighted by Gasteiger charge is -2.26. The monoisotopic (exact) mass is 316 g/mol. The predicted molar refractivity (Wildman–Crippen MR) is 79.7 cm³/mol. The number of carbonyl (C=O) groups is 2. The number of rotatable bonds is 2. The number of carbonyl (C=O) groups excluding carboxylic acids is 2. The smallest absolute Gasteiger partial charge is 0.269 e. The summed E-state index contributed by atoms with van der Waals surface area (Å²) >= 11 is 0. The first-order valence-electron chi connectivity index (χ1n) is 7.58. The summed E-state index contributed by atoms with van der Waals surface area (Å²) in [5, 5.41) is 10.7. The number of hydrogen-bond donors (Lipinski definition) is 0. The Bertz CT molecular complexity index is 711. The second-order valence-corrected chi connectivity index (χ2v) is 6.97. The van der Waals surface area contributed by atoms with Crippen LogP contribution >= 0.6 is 0 Å². The molecule has 1 aromatic carbocycles. The highest BCUT2D eigenvalue weighted by molar-refractivity contribution is 6.22. The van der Waals surface area contributed by atoms with Gasteiger partial charge in [0, 0.05) is 12.1 Å². The van der Waals surface area contributed by atoms with E-state index in [0.717, 1.165) is 0 Å². The lowest BCUT2D eigenvalue weighted by molar-refractivity contribution is -0.384. The molecule has 0 aromatic heterocycles. The number of epoxide rings is 1. The molecule has 4 rings (SSSR count). The minimum Gasteiger partial charge on any atom is -0.363 e. The number of nitro benzene ring substituents is 1. The third-order valence-corrected chi connectivity index (χ3v) is 5.63. The maximum absolute atomic E-state index is 12.7. The lowest BCUT2D eigenvalue weighted by Crippen LogP contribution is -2.37. The predicted octanol–water partition coefficient (Wildman–Crippen LogP) is 2.04. The highest BCUT2D eigenvalue weighted by Gasteiger charge is 2.71. The average Bonchev–Trinajstić information content (AvgIpc) is 2.99. The fourth-order valence-corrected chi connectivity index (χ4v) is 4.05. The fraction of sp³-hybridized carbons (Fsp3) is 0.500. The van der Waals surface area contributed by atoms with Gasteiger partial charge in [-0.3, -0.25) is 24.6 Å². The molecule has 1 aromatic rings. The topological polar surface area (TPSA) is 93.1 Å². The fourth-order valence-electron chi connectivity index (χ4n) is 4.05. The van der Waals surface area contributed by atoms with E-state index in [1.54, 1.807) is 0 Å². The number of anilines is 1. The molecular weight excluding hydrogens is 300 g/mol. The average molecular weight is 316 g/mol. The van der Waals surface area contributed by atoms with Crippen molar-refractivity contribution < 1.29 is 19.2 Å². The largest absolute Gasteiger partial charge is 0.363 e. The van der Waals surface area contributed by atoms with Crippen LogP contribution in [0.3, 0.4) is 0 Å². The summed E-state index contributed by atoms with van der Waals surface area (Å²) in [6.45, 7) is 3.96. The van der Waals surface area contributed by atoms with E-state index < -0.39 is 4.92 Å². The summed E-state index contributed by atoms with van der Waals surface area (Å²) in [6, 6.07) is 5.51. The van der Waals surface area contributed by atoms with Crippen LogP contribution in [0.1, 0.15) is 26.7 Å². The van der Waals surface area contributed by atoms with Gasteiger partial charge in [0.1, 0.15) is 0 Å². The van der Waals surface area contributed by atoms with E-state index in [1.807, 2.05) is 13.8 Å². The van der Waals surface area contributed by atoms with E-state index in [9.17, 15) is 19.7 Å². The quantitative estimate of drug-likeness (QED) is 0.360. The van der Waals surface area contributed by atoms with Crippen LogP contribution < -0.4 is 4.90 Å². The molecule has 1 saturated carbocycles.